The molecule has 40 heavy (non-hydrogen) atoms. The van der Waals surface area contributed by atoms with Crippen LogP contribution in [0.2, 0.25) is 0 Å². The predicted octanol–water partition coefficient (Wildman–Crippen LogP) is 4.68. The van der Waals surface area contributed by atoms with E-state index in [1.165, 1.54) is 12.4 Å². The minimum absolute atomic E-state index is 0.0484. The largest absolute Gasteiger partial charge is 0.482 e. The molecule has 0 spiro atoms. The Morgan fingerprint density at radius 3 is 2.08 bits per heavy atom. The van der Waals surface area contributed by atoms with Gasteiger partial charge in [0.2, 0.25) is 5.95 Å². The Bertz CT molecular complexity index is 1010. The second-order valence-corrected chi connectivity index (χ2v) is 12.0. The molecule has 0 aliphatic carbocycles. The molecule has 13 heteroatoms. The summed E-state index contributed by atoms with van der Waals surface area (Å²) in [7, 11) is 0. The minimum atomic E-state index is -0.986. The molecule has 4 N–H and O–H groups in total. The molecule has 0 aliphatic heterocycles. The van der Waals surface area contributed by atoms with E-state index < -0.39 is 28.8 Å². The number of carbonyl (C=O) groups is 3. The van der Waals surface area contributed by atoms with Crippen molar-refractivity contribution in [1.82, 2.24) is 15.3 Å². The first-order valence-electron chi connectivity index (χ1n) is 13.2. The number of ether oxygens (including phenoxy) is 4. The van der Waals surface area contributed by atoms with Crippen LogP contribution in [-0.2, 0) is 19.0 Å². The summed E-state index contributed by atoms with van der Waals surface area (Å²) in [6.07, 6.45) is 2.57. The van der Waals surface area contributed by atoms with Crippen molar-refractivity contribution in [1.29, 1.82) is 0 Å². The summed E-state index contributed by atoms with van der Waals surface area (Å²) in [6, 6.07) is 0. The smallest absolute Gasteiger partial charge is 0.427 e. The van der Waals surface area contributed by atoms with Crippen molar-refractivity contribution >= 4 is 29.9 Å². The number of imide groups is 1. The average molecular weight is 567 g/mol. The molecule has 0 atom stereocenters. The van der Waals surface area contributed by atoms with Crippen LogP contribution >= 0.6 is 0 Å². The van der Waals surface area contributed by atoms with Gasteiger partial charge in [0, 0.05) is 12.7 Å². The van der Waals surface area contributed by atoms with E-state index in [-0.39, 0.29) is 36.8 Å². The maximum absolute atomic E-state index is 13.0. The van der Waals surface area contributed by atoms with Crippen molar-refractivity contribution in [3.8, 4) is 5.75 Å². The highest BCUT2D eigenvalue weighted by atomic mass is 16.6. The van der Waals surface area contributed by atoms with Gasteiger partial charge in [0.15, 0.2) is 18.3 Å². The van der Waals surface area contributed by atoms with E-state index in [1.807, 2.05) is 6.92 Å². The number of anilines is 2. The number of unbranched alkanes of at least 4 members (excludes halogenated alkanes) is 1. The molecule has 0 radical (unpaired) electrons. The first kappa shape index (κ1) is 34.3. The van der Waals surface area contributed by atoms with Gasteiger partial charge in [0.25, 0.3) is 0 Å². The summed E-state index contributed by atoms with van der Waals surface area (Å²) in [5.74, 6) is -0.116. The standard InChI is InChI=1S/C27H46N6O7/c1-11-12-13-30-20-19(37-16-18(28)14-29-17-38-21(34)25(2,3)4)15-31-22(32-20)33(23(35)39-26(5,6)7)24(36)40-27(8,9)10/h14-15,29H,11-13,16-17,28H2,1-10H3,(H,30,31,32)/b18-14-. The molecule has 0 aromatic carbocycles. The van der Waals surface area contributed by atoms with Crippen LogP contribution in [0.4, 0.5) is 21.4 Å². The topological polar surface area (TPSA) is 167 Å². The number of aromatic nitrogens is 2. The fourth-order valence-corrected chi connectivity index (χ4v) is 2.64. The molecule has 0 saturated heterocycles. The Morgan fingerprint density at radius 2 is 1.57 bits per heavy atom. The Labute approximate surface area is 237 Å². The van der Waals surface area contributed by atoms with E-state index >= 15 is 0 Å². The lowest BCUT2D eigenvalue weighted by Gasteiger charge is -2.27. The third-order valence-corrected chi connectivity index (χ3v) is 4.50. The molecule has 1 aromatic rings. The third kappa shape index (κ3) is 12.9. The number of nitrogens with one attached hydrogen (secondary N) is 2. The van der Waals surface area contributed by atoms with Crippen LogP contribution in [0, 0.1) is 5.41 Å². The van der Waals surface area contributed by atoms with Crippen LogP contribution in [0.1, 0.15) is 82.1 Å². The SMILES string of the molecule is CCCCNc1nc(N(C(=O)OC(C)(C)C)C(=O)OC(C)(C)C)ncc1OC/C(N)=C/NCOC(=O)C(C)(C)C. The molecule has 1 heterocycles. The number of rotatable bonds is 11. The molecule has 0 fully saturated rings. The van der Waals surface area contributed by atoms with Crippen LogP contribution in [0.25, 0.3) is 0 Å². The maximum Gasteiger partial charge on any atom is 0.427 e. The zero-order valence-electron chi connectivity index (χ0n) is 25.5. The van der Waals surface area contributed by atoms with Gasteiger partial charge in [-0.3, -0.25) is 4.79 Å². The number of hydrogen-bond acceptors (Lipinski definition) is 12. The Hall–Kier alpha value is -3.77. The van der Waals surface area contributed by atoms with Crippen molar-refractivity contribution in [2.75, 3.05) is 30.1 Å². The normalized spacial score (nSPS) is 12.3. The number of nitrogens with two attached hydrogens (primary N) is 1. The third-order valence-electron chi connectivity index (χ3n) is 4.50. The lowest BCUT2D eigenvalue weighted by atomic mass is 9.98. The van der Waals surface area contributed by atoms with Gasteiger partial charge in [0.05, 0.1) is 17.3 Å². The predicted molar refractivity (Wildman–Crippen MR) is 152 cm³/mol. The van der Waals surface area contributed by atoms with Gasteiger partial charge in [0.1, 0.15) is 17.8 Å². The molecular weight excluding hydrogens is 520 g/mol. The lowest BCUT2D eigenvalue weighted by Crippen LogP contribution is -2.44. The molecule has 226 valence electrons. The highest BCUT2D eigenvalue weighted by Crippen LogP contribution is 2.26. The number of amides is 2. The number of hydrogen-bond donors (Lipinski definition) is 3. The first-order valence-corrected chi connectivity index (χ1v) is 13.2. The van der Waals surface area contributed by atoms with Crippen molar-refractivity contribution in [2.24, 2.45) is 11.1 Å². The van der Waals surface area contributed by atoms with Crippen LogP contribution in [0.5, 0.6) is 5.75 Å². The molecule has 13 nitrogen and oxygen atoms in total. The average Bonchev–Trinajstić information content (AvgIpc) is 2.78. The fourth-order valence-electron chi connectivity index (χ4n) is 2.64. The number of carbonyl (C=O) groups excluding carboxylic acids is 3. The number of esters is 1. The maximum atomic E-state index is 13.0. The van der Waals surface area contributed by atoms with Gasteiger partial charge >= 0.3 is 18.2 Å². The Kier molecular flexibility index (Phi) is 12.5. The van der Waals surface area contributed by atoms with Crippen molar-refractivity contribution < 1.29 is 33.3 Å². The van der Waals surface area contributed by atoms with E-state index in [2.05, 4.69) is 20.6 Å². The van der Waals surface area contributed by atoms with E-state index in [0.717, 1.165) is 12.8 Å². The Balaban J connectivity index is 3.16. The molecular formula is C27H46N6O7. The second kappa shape index (κ2) is 14.6. The zero-order valence-corrected chi connectivity index (χ0v) is 25.5. The lowest BCUT2D eigenvalue weighted by molar-refractivity contribution is -0.153. The Morgan fingerprint density at radius 1 is 1.00 bits per heavy atom. The molecule has 2 amide bonds. The molecule has 1 aromatic heterocycles. The van der Waals surface area contributed by atoms with E-state index in [0.29, 0.717) is 17.1 Å². The van der Waals surface area contributed by atoms with E-state index in [1.54, 1.807) is 62.3 Å². The van der Waals surface area contributed by atoms with Crippen LogP contribution in [0.15, 0.2) is 18.1 Å². The van der Waals surface area contributed by atoms with Crippen molar-refractivity contribution in [3.63, 3.8) is 0 Å². The molecule has 0 aliphatic rings. The summed E-state index contributed by atoms with van der Waals surface area (Å²) in [5, 5.41) is 5.95. The monoisotopic (exact) mass is 566 g/mol. The highest BCUT2D eigenvalue weighted by molar-refractivity contribution is 6.08. The summed E-state index contributed by atoms with van der Waals surface area (Å²) in [4.78, 5) is 47.0. The minimum Gasteiger partial charge on any atom is -0.482 e. The van der Waals surface area contributed by atoms with Gasteiger partial charge in [-0.1, -0.05) is 13.3 Å². The van der Waals surface area contributed by atoms with E-state index in [9.17, 15) is 14.4 Å². The summed E-state index contributed by atoms with van der Waals surface area (Å²) in [6.45, 7) is 17.8. The van der Waals surface area contributed by atoms with Gasteiger partial charge < -0.3 is 35.3 Å². The highest BCUT2D eigenvalue weighted by Gasteiger charge is 2.35. The van der Waals surface area contributed by atoms with Crippen molar-refractivity contribution in [2.45, 2.75) is 93.3 Å². The number of nitrogens with zero attached hydrogens (tertiary/aromatic N) is 3. The summed E-state index contributed by atoms with van der Waals surface area (Å²) in [5.41, 5.74) is 3.94. The van der Waals surface area contributed by atoms with Gasteiger partial charge in [-0.15, -0.1) is 4.90 Å². The van der Waals surface area contributed by atoms with Crippen molar-refractivity contribution in [3.05, 3.63) is 18.1 Å². The van der Waals surface area contributed by atoms with Gasteiger partial charge in [-0.2, -0.15) is 4.98 Å². The summed E-state index contributed by atoms with van der Waals surface area (Å²) >= 11 is 0. The fraction of sp³-hybridized carbons (Fsp3) is 0.667. The molecule has 0 bridgehead atoms. The van der Waals surface area contributed by atoms with Crippen LogP contribution in [0.3, 0.4) is 0 Å². The molecule has 0 unspecified atom stereocenters. The van der Waals surface area contributed by atoms with Crippen LogP contribution < -0.4 is 26.0 Å². The van der Waals surface area contributed by atoms with E-state index in [4.69, 9.17) is 24.7 Å². The quantitative estimate of drug-likeness (QED) is 0.147. The van der Waals surface area contributed by atoms with Gasteiger partial charge in [-0.25, -0.2) is 14.6 Å². The first-order chi connectivity index (χ1) is 18.3. The molecule has 0 saturated carbocycles. The zero-order chi connectivity index (χ0) is 30.7. The second-order valence-electron chi connectivity index (χ2n) is 12.0. The van der Waals surface area contributed by atoms with Crippen LogP contribution in [-0.4, -0.2) is 59.2 Å². The summed E-state index contributed by atoms with van der Waals surface area (Å²) < 4.78 is 21.7. The van der Waals surface area contributed by atoms with Gasteiger partial charge in [-0.05, 0) is 68.7 Å². The molecule has 1 rings (SSSR count).